The van der Waals surface area contributed by atoms with Crippen molar-refractivity contribution in [3.63, 3.8) is 0 Å². The van der Waals surface area contributed by atoms with Gasteiger partial charge in [-0.15, -0.1) is 0 Å². The molecule has 3 aliphatic rings. The number of benzene rings is 3. The minimum Gasteiger partial charge on any atom is -0.283 e. The number of nitrogens with zero attached hydrogens (tertiary/aromatic N) is 1. The molecule has 1 nitrogen and oxygen atoms in total. The van der Waals surface area contributed by atoms with E-state index in [9.17, 15) is 0 Å². The molecule has 0 saturated heterocycles. The van der Waals surface area contributed by atoms with Crippen molar-refractivity contribution in [2.24, 2.45) is 5.92 Å². The zero-order chi connectivity index (χ0) is 23.2. The normalized spacial score (nSPS) is 32.4. The minimum absolute atomic E-state index is 0.0708. The van der Waals surface area contributed by atoms with Crippen molar-refractivity contribution in [1.82, 2.24) is 4.90 Å². The lowest BCUT2D eigenvalue weighted by Gasteiger charge is -2.46. The fourth-order valence-electron chi connectivity index (χ4n) is 7.40. The van der Waals surface area contributed by atoms with Gasteiger partial charge in [0.05, 0.1) is 5.54 Å². The van der Waals surface area contributed by atoms with Crippen LogP contribution in [0.3, 0.4) is 0 Å². The van der Waals surface area contributed by atoms with Crippen LogP contribution >= 0.6 is 0 Å². The van der Waals surface area contributed by atoms with Gasteiger partial charge in [-0.1, -0.05) is 93.6 Å². The topological polar surface area (TPSA) is 3.24 Å². The average molecular weight is 436 g/mol. The minimum atomic E-state index is -0.0986. The summed E-state index contributed by atoms with van der Waals surface area (Å²) in [5.41, 5.74) is 9.45. The maximum absolute atomic E-state index is 2.68. The van der Waals surface area contributed by atoms with E-state index in [1.54, 1.807) is 5.56 Å². The fourth-order valence-corrected chi connectivity index (χ4v) is 7.40. The van der Waals surface area contributed by atoms with Crippen molar-refractivity contribution >= 4 is 0 Å². The molecule has 0 N–H and O–H groups in total. The van der Waals surface area contributed by atoms with Crippen LogP contribution in [0.15, 0.2) is 72.8 Å². The molecule has 33 heavy (non-hydrogen) atoms. The molecule has 0 unspecified atom stereocenters. The summed E-state index contributed by atoms with van der Waals surface area (Å²) >= 11 is 0. The lowest BCUT2D eigenvalue weighted by molar-refractivity contribution is 0.0542. The van der Waals surface area contributed by atoms with Crippen molar-refractivity contribution in [3.8, 4) is 0 Å². The van der Waals surface area contributed by atoms with Gasteiger partial charge in [-0.05, 0) is 84.9 Å². The Kier molecular flexibility index (Phi) is 4.24. The second-order valence-electron chi connectivity index (χ2n) is 12.4. The van der Waals surface area contributed by atoms with Gasteiger partial charge in [-0.3, -0.25) is 4.90 Å². The van der Waals surface area contributed by atoms with E-state index in [0.717, 1.165) is 6.42 Å². The summed E-state index contributed by atoms with van der Waals surface area (Å²) in [6.45, 7) is 11.9. The van der Waals surface area contributed by atoms with Gasteiger partial charge < -0.3 is 0 Å². The Morgan fingerprint density at radius 1 is 0.758 bits per heavy atom. The van der Waals surface area contributed by atoms with E-state index in [-0.39, 0.29) is 21.9 Å². The van der Waals surface area contributed by atoms with Gasteiger partial charge in [0.15, 0.2) is 0 Å². The van der Waals surface area contributed by atoms with Crippen LogP contribution in [0.4, 0.5) is 0 Å². The monoisotopic (exact) mass is 435 g/mol. The van der Waals surface area contributed by atoms with Crippen LogP contribution in [-0.2, 0) is 28.3 Å². The maximum Gasteiger partial charge on any atom is 0.0697 e. The van der Waals surface area contributed by atoms with Crippen LogP contribution in [0.1, 0.15) is 80.8 Å². The van der Waals surface area contributed by atoms with Gasteiger partial charge in [-0.25, -0.2) is 0 Å². The molecule has 1 aliphatic carbocycles. The summed E-state index contributed by atoms with van der Waals surface area (Å²) < 4.78 is 0. The van der Waals surface area contributed by atoms with Gasteiger partial charge >= 0.3 is 0 Å². The molecular weight excluding hydrogens is 398 g/mol. The van der Waals surface area contributed by atoms with E-state index in [0.29, 0.717) is 5.92 Å². The molecule has 1 fully saturated rings. The van der Waals surface area contributed by atoms with Crippen LogP contribution in [-0.4, -0.2) is 11.9 Å². The molecule has 0 amide bonds. The van der Waals surface area contributed by atoms with Crippen LogP contribution in [0.5, 0.6) is 0 Å². The summed E-state index contributed by atoms with van der Waals surface area (Å²) in [5, 5.41) is 0. The number of hydrogen-bond acceptors (Lipinski definition) is 1. The molecule has 0 radical (unpaired) electrons. The molecule has 170 valence electrons. The van der Waals surface area contributed by atoms with Gasteiger partial charge in [-0.2, -0.15) is 0 Å². The number of rotatable bonds is 2. The van der Waals surface area contributed by atoms with E-state index in [4.69, 9.17) is 0 Å². The Balaban J connectivity index is 1.50. The zero-order valence-corrected chi connectivity index (χ0v) is 21.1. The SMILES string of the molecule is CN1[C@@]2(C)c3ccccc3[C@@]3(Cc4ccc(C(C)(C)C)cc4)C[C@H]3C[C@]1(C)c1ccccc12. The Morgan fingerprint density at radius 2 is 1.30 bits per heavy atom. The molecule has 2 heterocycles. The summed E-state index contributed by atoms with van der Waals surface area (Å²) in [7, 11) is 2.36. The highest BCUT2D eigenvalue weighted by Crippen LogP contribution is 2.67. The Labute approximate surface area is 199 Å². The highest BCUT2D eigenvalue weighted by atomic mass is 15.3. The number of fused-ring (bicyclic) bond motifs is 9. The highest BCUT2D eigenvalue weighted by Gasteiger charge is 2.64. The Hall–Kier alpha value is -2.38. The lowest BCUT2D eigenvalue weighted by Crippen LogP contribution is -2.48. The van der Waals surface area contributed by atoms with Gasteiger partial charge in [0.2, 0.25) is 0 Å². The first-order valence-electron chi connectivity index (χ1n) is 12.6. The van der Waals surface area contributed by atoms with Crippen LogP contribution in [0, 0.1) is 5.92 Å². The van der Waals surface area contributed by atoms with Crippen molar-refractivity contribution in [2.45, 2.75) is 75.8 Å². The second-order valence-corrected chi connectivity index (χ2v) is 12.4. The Morgan fingerprint density at radius 3 is 1.91 bits per heavy atom. The van der Waals surface area contributed by atoms with E-state index in [1.165, 1.54) is 40.7 Å². The van der Waals surface area contributed by atoms with Crippen LogP contribution < -0.4 is 0 Å². The molecule has 1 saturated carbocycles. The molecule has 0 spiro atoms. The van der Waals surface area contributed by atoms with E-state index >= 15 is 0 Å². The summed E-state index contributed by atoms with van der Waals surface area (Å²) in [6, 6.07) is 28.1. The second kappa shape index (κ2) is 6.60. The predicted molar refractivity (Wildman–Crippen MR) is 138 cm³/mol. The molecule has 0 aromatic heterocycles. The predicted octanol–water partition coefficient (Wildman–Crippen LogP) is 7.31. The van der Waals surface area contributed by atoms with Gasteiger partial charge in [0, 0.05) is 11.0 Å². The molecule has 1 heteroatoms. The van der Waals surface area contributed by atoms with Crippen molar-refractivity contribution in [1.29, 1.82) is 0 Å². The largest absolute Gasteiger partial charge is 0.283 e. The van der Waals surface area contributed by atoms with Crippen molar-refractivity contribution in [2.75, 3.05) is 7.05 Å². The van der Waals surface area contributed by atoms with E-state index in [1.807, 2.05) is 0 Å². The molecule has 3 aromatic rings. The summed E-state index contributed by atoms with van der Waals surface area (Å²) in [5.74, 6) is 0.712. The molecule has 6 rings (SSSR count). The maximum atomic E-state index is 2.68. The summed E-state index contributed by atoms with van der Waals surface area (Å²) in [6.07, 6.45) is 3.67. The standard InChI is InChI=1S/C32H37N/c1-29(2,3)23-17-15-22(16-18-23)19-32-21-24(32)20-30(4)25-11-7-8-12-26(25)31(5,33(30)6)27-13-9-10-14-28(27)32/h7-18,24H,19-21H2,1-6H3/t24-,30-,31-,32+/m1/s1. The van der Waals surface area contributed by atoms with E-state index in [2.05, 4.69) is 119 Å². The van der Waals surface area contributed by atoms with Crippen LogP contribution in [0.2, 0.25) is 0 Å². The molecular formula is C32H37N. The first kappa shape index (κ1) is 21.2. The Bertz CT molecular complexity index is 1230. The highest BCUT2D eigenvalue weighted by molar-refractivity contribution is 5.57. The fraction of sp³-hybridized carbons (Fsp3) is 0.438. The lowest BCUT2D eigenvalue weighted by atomic mass is 9.74. The average Bonchev–Trinajstić information content (AvgIpc) is 3.44. The van der Waals surface area contributed by atoms with Crippen molar-refractivity contribution < 1.29 is 0 Å². The molecule has 3 aromatic carbocycles. The van der Waals surface area contributed by atoms with Crippen LogP contribution in [0.25, 0.3) is 0 Å². The quantitative estimate of drug-likeness (QED) is 0.408. The summed E-state index contributed by atoms with van der Waals surface area (Å²) in [4.78, 5) is 2.68. The molecule has 2 aliphatic heterocycles. The smallest absolute Gasteiger partial charge is 0.0697 e. The first-order chi connectivity index (χ1) is 15.6. The zero-order valence-electron chi connectivity index (χ0n) is 21.1. The first-order valence-corrected chi connectivity index (χ1v) is 12.6. The van der Waals surface area contributed by atoms with E-state index < -0.39 is 0 Å². The van der Waals surface area contributed by atoms with Crippen molar-refractivity contribution in [3.05, 3.63) is 106 Å². The third-order valence-corrected chi connectivity index (χ3v) is 9.65. The van der Waals surface area contributed by atoms with Gasteiger partial charge in [0.1, 0.15) is 0 Å². The number of hydrogen-bond donors (Lipinski definition) is 0. The third kappa shape index (κ3) is 2.75. The molecule has 2 bridgehead atoms. The third-order valence-electron chi connectivity index (χ3n) is 9.65. The van der Waals surface area contributed by atoms with Gasteiger partial charge in [0.25, 0.3) is 0 Å². The molecule has 4 atom stereocenters.